The molecule has 1 saturated heterocycles. The van der Waals surface area contributed by atoms with Crippen molar-refractivity contribution < 1.29 is 32.5 Å². The average molecular weight is 348 g/mol. The first-order chi connectivity index (χ1) is 11.3. The van der Waals surface area contributed by atoms with Crippen molar-refractivity contribution in [2.45, 2.75) is 31.9 Å². The van der Waals surface area contributed by atoms with Crippen molar-refractivity contribution in [3.05, 3.63) is 29.3 Å². The Labute approximate surface area is 136 Å². The molecular weight excluding hydrogens is 329 g/mol. The van der Waals surface area contributed by atoms with Crippen molar-refractivity contribution in [2.75, 3.05) is 25.1 Å². The molecule has 1 atom stereocenters. The number of carbonyl (C=O) groups is 1. The van der Waals surface area contributed by atoms with Crippen LogP contribution in [-0.4, -0.2) is 43.3 Å². The first kappa shape index (κ1) is 18.5. The lowest BCUT2D eigenvalue weighted by Gasteiger charge is -2.19. The average Bonchev–Trinajstić information content (AvgIpc) is 2.98. The van der Waals surface area contributed by atoms with Crippen LogP contribution < -0.4 is 10.6 Å². The molecule has 2 amide bonds. The third-order valence-electron chi connectivity index (χ3n) is 3.51. The maximum absolute atomic E-state index is 12.7. The number of hydrogen-bond donors (Lipinski definition) is 3. The lowest BCUT2D eigenvalue weighted by molar-refractivity contribution is -0.138. The lowest BCUT2D eigenvalue weighted by Crippen LogP contribution is -2.42. The molecule has 9 heteroatoms. The van der Waals surface area contributed by atoms with E-state index in [4.69, 9.17) is 9.47 Å². The Morgan fingerprint density at radius 3 is 2.58 bits per heavy atom. The molecule has 1 unspecified atom stereocenters. The SMILES string of the molecule is Cc1cc(NC(=O)NC(CO)CC2OCCO2)ccc1C(F)(F)F. The fourth-order valence-electron chi connectivity index (χ4n) is 2.37. The second-order valence-electron chi connectivity index (χ2n) is 5.41. The molecule has 1 aliphatic rings. The van der Waals surface area contributed by atoms with E-state index in [1.807, 2.05) is 0 Å². The van der Waals surface area contributed by atoms with Crippen molar-refractivity contribution in [2.24, 2.45) is 0 Å². The van der Waals surface area contributed by atoms with Gasteiger partial charge in [0, 0.05) is 12.1 Å². The minimum atomic E-state index is -4.44. The second kappa shape index (κ2) is 7.82. The Morgan fingerprint density at radius 1 is 1.38 bits per heavy atom. The molecular formula is C15H19F3N2O4. The number of alkyl halides is 3. The fraction of sp³-hybridized carbons (Fsp3) is 0.533. The molecule has 1 heterocycles. The number of aryl methyl sites for hydroxylation is 1. The summed E-state index contributed by atoms with van der Waals surface area (Å²) in [5, 5.41) is 14.3. The van der Waals surface area contributed by atoms with Gasteiger partial charge in [-0.2, -0.15) is 13.2 Å². The first-order valence-electron chi connectivity index (χ1n) is 7.39. The van der Waals surface area contributed by atoms with Crippen molar-refractivity contribution in [1.29, 1.82) is 0 Å². The summed E-state index contributed by atoms with van der Waals surface area (Å²) in [5.74, 6) is 0. The van der Waals surface area contributed by atoms with Crippen molar-refractivity contribution in [3.8, 4) is 0 Å². The number of aliphatic hydroxyl groups excluding tert-OH is 1. The molecule has 1 aromatic carbocycles. The van der Waals surface area contributed by atoms with Gasteiger partial charge in [-0.3, -0.25) is 0 Å². The summed E-state index contributed by atoms with van der Waals surface area (Å²) < 4.78 is 48.6. The number of nitrogens with one attached hydrogen (secondary N) is 2. The molecule has 1 aliphatic heterocycles. The van der Waals surface area contributed by atoms with E-state index < -0.39 is 30.1 Å². The van der Waals surface area contributed by atoms with Crippen LogP contribution in [0.2, 0.25) is 0 Å². The minimum absolute atomic E-state index is 0.00626. The summed E-state index contributed by atoms with van der Waals surface area (Å²) in [4.78, 5) is 11.9. The Morgan fingerprint density at radius 2 is 2.04 bits per heavy atom. The van der Waals surface area contributed by atoms with Gasteiger partial charge in [0.25, 0.3) is 0 Å². The highest BCUT2D eigenvalue weighted by Crippen LogP contribution is 2.32. The number of benzene rings is 1. The van der Waals surface area contributed by atoms with E-state index >= 15 is 0 Å². The van der Waals surface area contributed by atoms with E-state index in [1.165, 1.54) is 19.1 Å². The summed E-state index contributed by atoms with van der Waals surface area (Å²) in [6.45, 7) is 1.92. The van der Waals surface area contributed by atoms with Gasteiger partial charge in [-0.15, -0.1) is 0 Å². The molecule has 6 nitrogen and oxygen atoms in total. The normalized spacial score (nSPS) is 16.9. The van der Waals surface area contributed by atoms with Crippen LogP contribution in [0.5, 0.6) is 0 Å². The molecule has 134 valence electrons. The highest BCUT2D eigenvalue weighted by atomic mass is 19.4. The van der Waals surface area contributed by atoms with Crippen LogP contribution in [0.1, 0.15) is 17.5 Å². The predicted octanol–water partition coefficient (Wildman–Crippen LogP) is 2.26. The summed E-state index contributed by atoms with van der Waals surface area (Å²) in [7, 11) is 0. The molecule has 0 saturated carbocycles. The monoisotopic (exact) mass is 348 g/mol. The standard InChI is InChI=1S/C15H19F3N2O4/c1-9-6-10(2-3-12(9)15(16,17)18)19-14(22)20-11(8-21)7-13-23-4-5-24-13/h2-3,6,11,13,21H,4-5,7-8H2,1H3,(H2,19,20,22). The first-order valence-corrected chi connectivity index (χ1v) is 7.39. The Hall–Kier alpha value is -1.84. The van der Waals surface area contributed by atoms with Gasteiger partial charge in [0.1, 0.15) is 0 Å². The van der Waals surface area contributed by atoms with E-state index in [-0.39, 0.29) is 24.3 Å². The van der Waals surface area contributed by atoms with Gasteiger partial charge in [-0.1, -0.05) is 0 Å². The third-order valence-corrected chi connectivity index (χ3v) is 3.51. The lowest BCUT2D eigenvalue weighted by atomic mass is 10.1. The highest BCUT2D eigenvalue weighted by Gasteiger charge is 2.32. The zero-order valence-corrected chi connectivity index (χ0v) is 13.0. The maximum atomic E-state index is 12.7. The van der Waals surface area contributed by atoms with Crippen LogP contribution in [0.3, 0.4) is 0 Å². The maximum Gasteiger partial charge on any atom is 0.416 e. The molecule has 0 aromatic heterocycles. The number of ether oxygens (including phenoxy) is 2. The Balaban J connectivity index is 1.92. The fourth-order valence-corrected chi connectivity index (χ4v) is 2.37. The van der Waals surface area contributed by atoms with Gasteiger partial charge in [0.15, 0.2) is 6.29 Å². The molecule has 0 aliphatic carbocycles. The molecule has 24 heavy (non-hydrogen) atoms. The van der Waals surface area contributed by atoms with Crippen LogP contribution in [0.4, 0.5) is 23.7 Å². The largest absolute Gasteiger partial charge is 0.416 e. The number of anilines is 1. The third kappa shape index (κ3) is 5.08. The van der Waals surface area contributed by atoms with E-state index in [9.17, 15) is 23.1 Å². The predicted molar refractivity (Wildman–Crippen MR) is 79.5 cm³/mol. The topological polar surface area (TPSA) is 79.8 Å². The Kier molecular flexibility index (Phi) is 6.03. The number of aliphatic hydroxyl groups is 1. The molecule has 0 bridgehead atoms. The summed E-state index contributed by atoms with van der Waals surface area (Å²) in [6, 6.07) is 2.09. The van der Waals surface area contributed by atoms with E-state index in [1.54, 1.807) is 0 Å². The number of carbonyl (C=O) groups excluding carboxylic acids is 1. The summed E-state index contributed by atoms with van der Waals surface area (Å²) in [6.07, 6.45) is -4.65. The molecule has 1 aromatic rings. The van der Waals surface area contributed by atoms with Crippen LogP contribution >= 0.6 is 0 Å². The number of urea groups is 1. The van der Waals surface area contributed by atoms with Crippen LogP contribution in [0, 0.1) is 6.92 Å². The quantitative estimate of drug-likeness (QED) is 0.763. The van der Waals surface area contributed by atoms with Crippen LogP contribution in [-0.2, 0) is 15.7 Å². The van der Waals surface area contributed by atoms with Crippen LogP contribution in [0.25, 0.3) is 0 Å². The highest BCUT2D eigenvalue weighted by molar-refractivity contribution is 5.89. The smallest absolute Gasteiger partial charge is 0.394 e. The van der Waals surface area contributed by atoms with Crippen molar-refractivity contribution >= 4 is 11.7 Å². The van der Waals surface area contributed by atoms with Gasteiger partial charge >= 0.3 is 12.2 Å². The van der Waals surface area contributed by atoms with Gasteiger partial charge < -0.3 is 25.2 Å². The van der Waals surface area contributed by atoms with E-state index in [0.717, 1.165) is 6.07 Å². The molecule has 3 N–H and O–H groups in total. The van der Waals surface area contributed by atoms with E-state index in [2.05, 4.69) is 10.6 Å². The van der Waals surface area contributed by atoms with Gasteiger partial charge in [-0.05, 0) is 30.7 Å². The minimum Gasteiger partial charge on any atom is -0.394 e. The Bertz CT molecular complexity index is 574. The van der Waals surface area contributed by atoms with Crippen molar-refractivity contribution in [3.63, 3.8) is 0 Å². The summed E-state index contributed by atoms with van der Waals surface area (Å²) >= 11 is 0. The van der Waals surface area contributed by atoms with Crippen molar-refractivity contribution in [1.82, 2.24) is 5.32 Å². The number of amides is 2. The van der Waals surface area contributed by atoms with Gasteiger partial charge in [-0.25, -0.2) is 4.79 Å². The van der Waals surface area contributed by atoms with E-state index in [0.29, 0.717) is 13.2 Å². The number of hydrogen-bond acceptors (Lipinski definition) is 4. The van der Waals surface area contributed by atoms with Crippen LogP contribution in [0.15, 0.2) is 18.2 Å². The zero-order valence-electron chi connectivity index (χ0n) is 13.0. The van der Waals surface area contributed by atoms with Gasteiger partial charge in [0.05, 0.1) is 31.4 Å². The zero-order chi connectivity index (χ0) is 17.7. The molecule has 0 radical (unpaired) electrons. The number of halogens is 3. The molecule has 1 fully saturated rings. The second-order valence-corrected chi connectivity index (χ2v) is 5.41. The molecule has 0 spiro atoms. The number of rotatable bonds is 5. The summed E-state index contributed by atoms with van der Waals surface area (Å²) in [5.41, 5.74) is -0.521. The van der Waals surface area contributed by atoms with Gasteiger partial charge in [0.2, 0.25) is 0 Å². The molecule has 2 rings (SSSR count).